The second kappa shape index (κ2) is 3.40. The number of halogens is 1. The predicted molar refractivity (Wildman–Crippen MR) is 49.7 cm³/mol. The number of carboxylic acids is 1. The quantitative estimate of drug-likeness (QED) is 0.745. The second-order valence-electron chi connectivity index (χ2n) is 3.59. The summed E-state index contributed by atoms with van der Waals surface area (Å²) in [5.74, 6) is -1.64. The van der Waals surface area contributed by atoms with Crippen molar-refractivity contribution in [3.8, 4) is 0 Å². The van der Waals surface area contributed by atoms with Crippen LogP contribution in [0, 0.1) is 5.82 Å². The van der Waals surface area contributed by atoms with Crippen molar-refractivity contribution >= 4 is 5.97 Å². The number of hydrogen-bond donors (Lipinski definition) is 1. The summed E-state index contributed by atoms with van der Waals surface area (Å²) in [7, 11) is 0. The fourth-order valence-electron chi connectivity index (χ4n) is 2.06. The zero-order valence-corrected chi connectivity index (χ0v) is 7.66. The van der Waals surface area contributed by atoms with Gasteiger partial charge in [0.1, 0.15) is 5.82 Å². The van der Waals surface area contributed by atoms with Gasteiger partial charge in [0.2, 0.25) is 0 Å². The van der Waals surface area contributed by atoms with Crippen LogP contribution in [0.25, 0.3) is 0 Å². The van der Waals surface area contributed by atoms with Crippen molar-refractivity contribution < 1.29 is 14.3 Å². The summed E-state index contributed by atoms with van der Waals surface area (Å²) in [5.41, 5.74) is 1.25. The first-order valence-electron chi connectivity index (χ1n) is 4.70. The van der Waals surface area contributed by atoms with E-state index in [9.17, 15) is 9.18 Å². The minimum atomic E-state index is -0.850. The highest BCUT2D eigenvalue weighted by Gasteiger charge is 2.27. The summed E-state index contributed by atoms with van der Waals surface area (Å²) < 4.78 is 13.3. The van der Waals surface area contributed by atoms with Crippen molar-refractivity contribution in [1.29, 1.82) is 0 Å². The molecular weight excluding hydrogens is 183 g/mol. The molecule has 1 N–H and O–H groups in total. The Balaban J connectivity index is 2.49. The molecule has 0 unspecified atom stereocenters. The number of carbonyl (C=O) groups is 1. The number of benzene rings is 1. The third-order valence-corrected chi connectivity index (χ3v) is 2.75. The van der Waals surface area contributed by atoms with Crippen LogP contribution in [0.15, 0.2) is 18.2 Å². The Labute approximate surface area is 81.4 Å². The normalized spacial score (nSPS) is 20.2. The smallest absolute Gasteiger partial charge is 0.310 e. The molecule has 0 heterocycles. The van der Waals surface area contributed by atoms with E-state index in [1.165, 1.54) is 6.07 Å². The molecule has 3 heteroatoms. The van der Waals surface area contributed by atoms with Gasteiger partial charge in [0, 0.05) is 0 Å². The maximum atomic E-state index is 13.3. The molecule has 1 aliphatic rings. The minimum absolute atomic E-state index is 0.270. The maximum absolute atomic E-state index is 13.3. The fourth-order valence-corrected chi connectivity index (χ4v) is 2.06. The SMILES string of the molecule is O=C(O)[C@H]1CCCc2c(F)cccc21. The monoisotopic (exact) mass is 194 g/mol. The molecule has 0 spiro atoms. The average Bonchev–Trinajstić information content (AvgIpc) is 2.17. The van der Waals surface area contributed by atoms with Gasteiger partial charge < -0.3 is 5.11 Å². The summed E-state index contributed by atoms with van der Waals surface area (Å²) in [5, 5.41) is 8.95. The van der Waals surface area contributed by atoms with Crippen molar-refractivity contribution in [2.24, 2.45) is 0 Å². The van der Waals surface area contributed by atoms with E-state index in [0.717, 1.165) is 6.42 Å². The Kier molecular flexibility index (Phi) is 2.23. The summed E-state index contributed by atoms with van der Waals surface area (Å²) >= 11 is 0. The molecule has 0 saturated heterocycles. The first-order chi connectivity index (χ1) is 6.70. The molecule has 0 amide bonds. The van der Waals surface area contributed by atoms with E-state index >= 15 is 0 Å². The standard InChI is InChI=1S/C11H11FO2/c12-10-6-2-3-7-8(10)4-1-5-9(7)11(13)14/h2-3,6,9H,1,4-5H2,(H,13,14)/t9-/m0/s1. The van der Waals surface area contributed by atoms with Gasteiger partial charge in [-0.25, -0.2) is 4.39 Å². The third-order valence-electron chi connectivity index (χ3n) is 2.75. The van der Waals surface area contributed by atoms with Gasteiger partial charge in [-0.2, -0.15) is 0 Å². The van der Waals surface area contributed by atoms with E-state index in [1.54, 1.807) is 12.1 Å². The number of fused-ring (bicyclic) bond motifs is 1. The van der Waals surface area contributed by atoms with Crippen molar-refractivity contribution in [2.45, 2.75) is 25.2 Å². The predicted octanol–water partition coefficient (Wildman–Crippen LogP) is 2.33. The van der Waals surface area contributed by atoms with Crippen molar-refractivity contribution in [3.05, 3.63) is 35.1 Å². The van der Waals surface area contributed by atoms with Gasteiger partial charge in [-0.3, -0.25) is 4.79 Å². The van der Waals surface area contributed by atoms with E-state index in [2.05, 4.69) is 0 Å². The maximum Gasteiger partial charge on any atom is 0.310 e. The average molecular weight is 194 g/mol. The van der Waals surface area contributed by atoms with E-state index in [4.69, 9.17) is 5.11 Å². The van der Waals surface area contributed by atoms with Crippen LogP contribution in [0.4, 0.5) is 4.39 Å². The zero-order valence-electron chi connectivity index (χ0n) is 7.66. The molecule has 2 rings (SSSR count). The van der Waals surface area contributed by atoms with Crippen molar-refractivity contribution in [3.63, 3.8) is 0 Å². The van der Waals surface area contributed by atoms with Crippen LogP contribution >= 0.6 is 0 Å². The van der Waals surface area contributed by atoms with Crippen LogP contribution in [-0.4, -0.2) is 11.1 Å². The van der Waals surface area contributed by atoms with Gasteiger partial charge in [0.15, 0.2) is 0 Å². The highest BCUT2D eigenvalue weighted by molar-refractivity contribution is 5.77. The molecule has 14 heavy (non-hydrogen) atoms. The van der Waals surface area contributed by atoms with Crippen molar-refractivity contribution in [2.75, 3.05) is 0 Å². The molecule has 0 saturated carbocycles. The Morgan fingerprint density at radius 2 is 2.29 bits per heavy atom. The fraction of sp³-hybridized carbons (Fsp3) is 0.364. The zero-order chi connectivity index (χ0) is 10.1. The van der Waals surface area contributed by atoms with Gasteiger partial charge in [-0.1, -0.05) is 12.1 Å². The summed E-state index contributed by atoms with van der Waals surface area (Å²) in [4.78, 5) is 10.9. The lowest BCUT2D eigenvalue weighted by Crippen LogP contribution is -2.18. The van der Waals surface area contributed by atoms with Crippen LogP contribution in [0.2, 0.25) is 0 Å². The highest BCUT2D eigenvalue weighted by Crippen LogP contribution is 2.32. The van der Waals surface area contributed by atoms with E-state index < -0.39 is 11.9 Å². The Bertz CT molecular complexity index is 374. The van der Waals surface area contributed by atoms with E-state index in [1.807, 2.05) is 0 Å². The molecule has 0 aromatic heterocycles. The molecule has 0 radical (unpaired) electrons. The molecule has 0 aliphatic heterocycles. The van der Waals surface area contributed by atoms with Crippen molar-refractivity contribution in [1.82, 2.24) is 0 Å². The molecule has 0 bridgehead atoms. The number of carboxylic acid groups (broad SMARTS) is 1. The topological polar surface area (TPSA) is 37.3 Å². The molecule has 2 nitrogen and oxygen atoms in total. The highest BCUT2D eigenvalue weighted by atomic mass is 19.1. The molecule has 1 aromatic rings. The molecule has 1 atom stereocenters. The minimum Gasteiger partial charge on any atom is -0.481 e. The van der Waals surface area contributed by atoms with Gasteiger partial charge in [-0.05, 0) is 36.5 Å². The lowest BCUT2D eigenvalue weighted by Gasteiger charge is -2.22. The van der Waals surface area contributed by atoms with E-state index in [0.29, 0.717) is 24.0 Å². The number of aliphatic carboxylic acids is 1. The molecule has 74 valence electrons. The Morgan fingerprint density at radius 1 is 1.50 bits per heavy atom. The third kappa shape index (κ3) is 1.39. The van der Waals surface area contributed by atoms with Crippen LogP contribution in [0.1, 0.15) is 29.9 Å². The van der Waals surface area contributed by atoms with E-state index in [-0.39, 0.29) is 5.82 Å². The lowest BCUT2D eigenvalue weighted by molar-refractivity contribution is -0.139. The van der Waals surface area contributed by atoms with Gasteiger partial charge in [0.25, 0.3) is 0 Å². The van der Waals surface area contributed by atoms with Gasteiger partial charge >= 0.3 is 5.97 Å². The molecule has 1 aromatic carbocycles. The molecule has 0 fully saturated rings. The summed E-state index contributed by atoms with van der Waals surface area (Å²) in [6.45, 7) is 0. The molecular formula is C11H11FO2. The first kappa shape index (κ1) is 9.19. The van der Waals surface area contributed by atoms with Crippen LogP contribution in [0.3, 0.4) is 0 Å². The largest absolute Gasteiger partial charge is 0.481 e. The first-order valence-corrected chi connectivity index (χ1v) is 4.70. The van der Waals surface area contributed by atoms with Crippen LogP contribution < -0.4 is 0 Å². The van der Waals surface area contributed by atoms with Crippen LogP contribution in [0.5, 0.6) is 0 Å². The Morgan fingerprint density at radius 3 is 3.00 bits per heavy atom. The van der Waals surface area contributed by atoms with Gasteiger partial charge in [-0.15, -0.1) is 0 Å². The summed E-state index contributed by atoms with van der Waals surface area (Å²) in [6.07, 6.45) is 2.03. The van der Waals surface area contributed by atoms with Gasteiger partial charge in [0.05, 0.1) is 5.92 Å². The molecule has 1 aliphatic carbocycles. The second-order valence-corrected chi connectivity index (χ2v) is 3.59. The number of hydrogen-bond acceptors (Lipinski definition) is 1. The lowest BCUT2D eigenvalue weighted by atomic mass is 9.83. The van der Waals surface area contributed by atoms with Crippen LogP contribution in [-0.2, 0) is 11.2 Å². The summed E-state index contributed by atoms with van der Waals surface area (Å²) in [6, 6.07) is 4.69. The number of rotatable bonds is 1. The Hall–Kier alpha value is -1.38.